The molecule has 0 unspecified atom stereocenters. The molecule has 1 amide bonds. The van der Waals surface area contributed by atoms with Crippen LogP contribution in [0.2, 0.25) is 5.15 Å². The Morgan fingerprint density at radius 1 is 1.65 bits per heavy atom. The van der Waals surface area contributed by atoms with Gasteiger partial charge >= 0.3 is 0 Å². The number of aromatic nitrogens is 1. The zero-order valence-electron chi connectivity index (χ0n) is 9.71. The second-order valence-corrected chi connectivity index (χ2v) is 5.49. The molecule has 94 valence electrons. The van der Waals surface area contributed by atoms with Crippen LogP contribution in [0.4, 0.5) is 5.69 Å². The van der Waals surface area contributed by atoms with Crippen molar-refractivity contribution in [2.45, 2.75) is 26.3 Å². The highest BCUT2D eigenvalue weighted by Crippen LogP contribution is 2.23. The molecular formula is C11H15BrClN3O. The fourth-order valence-corrected chi connectivity index (χ4v) is 1.83. The van der Waals surface area contributed by atoms with Crippen LogP contribution in [0, 0.1) is 5.92 Å². The molecule has 17 heavy (non-hydrogen) atoms. The molecule has 0 fully saturated rings. The average Bonchev–Trinajstić information content (AvgIpc) is 2.22. The minimum atomic E-state index is -0.537. The predicted octanol–water partition coefficient (Wildman–Crippen LogP) is 2.81. The first kappa shape index (κ1) is 14.4. The minimum Gasteiger partial charge on any atom is -0.322 e. The van der Waals surface area contributed by atoms with Gasteiger partial charge in [-0.2, -0.15) is 0 Å². The second-order valence-electron chi connectivity index (χ2n) is 4.22. The summed E-state index contributed by atoms with van der Waals surface area (Å²) in [7, 11) is 0. The summed E-state index contributed by atoms with van der Waals surface area (Å²) >= 11 is 9.12. The molecular weight excluding hydrogens is 305 g/mol. The Labute approximate surface area is 114 Å². The number of carbonyl (C=O) groups excluding carboxylic acids is 1. The molecule has 1 heterocycles. The number of rotatable bonds is 4. The second kappa shape index (κ2) is 6.33. The number of nitrogens with one attached hydrogen (secondary N) is 1. The summed E-state index contributed by atoms with van der Waals surface area (Å²) in [5.41, 5.74) is 6.23. The number of anilines is 1. The van der Waals surface area contributed by atoms with Crippen LogP contribution >= 0.6 is 27.5 Å². The third-order valence-electron chi connectivity index (χ3n) is 2.13. The van der Waals surface area contributed by atoms with Crippen LogP contribution < -0.4 is 11.1 Å². The SMILES string of the molecule is CC(C)C[C@@H](N)C(=O)Nc1cc(Br)cnc1Cl. The Bertz CT molecular complexity index is 412. The van der Waals surface area contributed by atoms with E-state index in [1.165, 1.54) is 0 Å². The topological polar surface area (TPSA) is 68.0 Å². The van der Waals surface area contributed by atoms with Crippen LogP contribution in [0.25, 0.3) is 0 Å². The third-order valence-corrected chi connectivity index (χ3v) is 2.86. The summed E-state index contributed by atoms with van der Waals surface area (Å²) in [4.78, 5) is 15.7. The standard InChI is InChI=1S/C11H15BrClN3O/c1-6(2)3-8(14)11(17)16-9-4-7(12)5-15-10(9)13/h4-6,8H,3,14H2,1-2H3,(H,16,17)/t8-/m1/s1. The minimum absolute atomic E-state index is 0.248. The average molecular weight is 321 g/mol. The van der Waals surface area contributed by atoms with Gasteiger partial charge < -0.3 is 11.1 Å². The van der Waals surface area contributed by atoms with Crippen molar-refractivity contribution in [3.05, 3.63) is 21.9 Å². The molecule has 1 aromatic rings. The molecule has 1 atom stereocenters. The maximum Gasteiger partial charge on any atom is 0.241 e. The van der Waals surface area contributed by atoms with Crippen LogP contribution in [0.3, 0.4) is 0 Å². The normalized spacial score (nSPS) is 12.6. The van der Waals surface area contributed by atoms with Gasteiger partial charge in [0.25, 0.3) is 0 Å². The highest BCUT2D eigenvalue weighted by atomic mass is 79.9. The summed E-state index contributed by atoms with van der Waals surface area (Å²) < 4.78 is 0.745. The Kier molecular flexibility index (Phi) is 5.36. The van der Waals surface area contributed by atoms with Crippen LogP contribution in [0.5, 0.6) is 0 Å². The van der Waals surface area contributed by atoms with E-state index in [9.17, 15) is 4.79 Å². The van der Waals surface area contributed by atoms with Crippen molar-refractivity contribution in [2.75, 3.05) is 5.32 Å². The van der Waals surface area contributed by atoms with Gasteiger partial charge in [-0.25, -0.2) is 4.98 Å². The monoisotopic (exact) mass is 319 g/mol. The number of halogens is 2. The van der Waals surface area contributed by atoms with E-state index in [-0.39, 0.29) is 11.1 Å². The number of nitrogens with zero attached hydrogens (tertiary/aromatic N) is 1. The summed E-state index contributed by atoms with van der Waals surface area (Å²) in [6, 6.07) is 1.15. The lowest BCUT2D eigenvalue weighted by Crippen LogP contribution is -2.36. The van der Waals surface area contributed by atoms with E-state index in [1.54, 1.807) is 12.3 Å². The van der Waals surface area contributed by atoms with Gasteiger partial charge in [0.2, 0.25) is 5.91 Å². The fraction of sp³-hybridized carbons (Fsp3) is 0.455. The number of pyridine rings is 1. The molecule has 1 aromatic heterocycles. The molecule has 0 saturated heterocycles. The maximum atomic E-state index is 11.8. The third kappa shape index (κ3) is 4.61. The van der Waals surface area contributed by atoms with Crippen molar-refractivity contribution in [3.63, 3.8) is 0 Å². The zero-order valence-corrected chi connectivity index (χ0v) is 12.0. The Morgan fingerprint density at radius 3 is 2.88 bits per heavy atom. The summed E-state index contributed by atoms with van der Waals surface area (Å²) in [6.45, 7) is 4.03. The van der Waals surface area contributed by atoms with Gasteiger partial charge in [-0.15, -0.1) is 0 Å². The number of hydrogen-bond acceptors (Lipinski definition) is 3. The maximum absolute atomic E-state index is 11.8. The Hall–Kier alpha value is -0.650. The number of carbonyl (C=O) groups is 1. The highest BCUT2D eigenvalue weighted by molar-refractivity contribution is 9.10. The molecule has 0 aromatic carbocycles. The molecule has 0 bridgehead atoms. The van der Waals surface area contributed by atoms with Gasteiger partial charge in [0, 0.05) is 10.7 Å². The van der Waals surface area contributed by atoms with Crippen molar-refractivity contribution in [1.29, 1.82) is 0 Å². The van der Waals surface area contributed by atoms with E-state index < -0.39 is 6.04 Å². The molecule has 0 spiro atoms. The largest absolute Gasteiger partial charge is 0.322 e. The van der Waals surface area contributed by atoms with Crippen LogP contribution in [-0.4, -0.2) is 16.9 Å². The molecule has 0 aliphatic heterocycles. The molecule has 0 aliphatic carbocycles. The summed E-state index contributed by atoms with van der Waals surface area (Å²) in [6.07, 6.45) is 2.19. The molecule has 1 rings (SSSR count). The van der Waals surface area contributed by atoms with Crippen molar-refractivity contribution < 1.29 is 4.79 Å². The van der Waals surface area contributed by atoms with Gasteiger partial charge in [0.15, 0.2) is 5.15 Å². The molecule has 6 heteroatoms. The summed E-state index contributed by atoms with van der Waals surface area (Å²) in [5, 5.41) is 2.92. The van der Waals surface area contributed by atoms with Crippen molar-refractivity contribution in [1.82, 2.24) is 4.98 Å². The first-order valence-corrected chi connectivity index (χ1v) is 6.44. The predicted molar refractivity (Wildman–Crippen MR) is 73.0 cm³/mol. The van der Waals surface area contributed by atoms with Crippen LogP contribution in [0.15, 0.2) is 16.7 Å². The Balaban J connectivity index is 2.70. The van der Waals surface area contributed by atoms with Crippen molar-refractivity contribution in [3.8, 4) is 0 Å². The first-order valence-electron chi connectivity index (χ1n) is 5.27. The van der Waals surface area contributed by atoms with Crippen LogP contribution in [0.1, 0.15) is 20.3 Å². The molecule has 3 N–H and O–H groups in total. The van der Waals surface area contributed by atoms with Crippen molar-refractivity contribution in [2.24, 2.45) is 11.7 Å². The van der Waals surface area contributed by atoms with Crippen molar-refractivity contribution >= 4 is 39.1 Å². The lowest BCUT2D eigenvalue weighted by Gasteiger charge is -2.14. The first-order chi connectivity index (χ1) is 7.90. The van der Waals surface area contributed by atoms with Gasteiger partial charge in [-0.1, -0.05) is 25.4 Å². The number of hydrogen-bond donors (Lipinski definition) is 2. The Morgan fingerprint density at radius 2 is 2.29 bits per heavy atom. The molecule has 0 radical (unpaired) electrons. The van der Waals surface area contributed by atoms with Gasteiger partial charge in [0.05, 0.1) is 11.7 Å². The van der Waals surface area contributed by atoms with Crippen LogP contribution in [-0.2, 0) is 4.79 Å². The van der Waals surface area contributed by atoms with E-state index in [0.717, 1.165) is 4.47 Å². The number of nitrogens with two attached hydrogens (primary N) is 1. The van der Waals surface area contributed by atoms with E-state index in [2.05, 4.69) is 26.2 Å². The highest BCUT2D eigenvalue weighted by Gasteiger charge is 2.16. The van der Waals surface area contributed by atoms with E-state index >= 15 is 0 Å². The summed E-state index contributed by atoms with van der Waals surface area (Å²) in [5.74, 6) is 0.118. The molecule has 0 aliphatic rings. The molecule has 0 saturated carbocycles. The van der Waals surface area contributed by atoms with Gasteiger partial charge in [-0.3, -0.25) is 4.79 Å². The lowest BCUT2D eigenvalue weighted by atomic mass is 10.0. The number of amides is 1. The van der Waals surface area contributed by atoms with E-state index in [4.69, 9.17) is 17.3 Å². The fourth-order valence-electron chi connectivity index (χ4n) is 1.35. The smallest absolute Gasteiger partial charge is 0.241 e. The molecule has 4 nitrogen and oxygen atoms in total. The zero-order chi connectivity index (χ0) is 13.0. The van der Waals surface area contributed by atoms with E-state index in [1.807, 2.05) is 13.8 Å². The van der Waals surface area contributed by atoms with E-state index in [0.29, 0.717) is 18.0 Å². The quantitative estimate of drug-likeness (QED) is 0.838. The van der Waals surface area contributed by atoms with Gasteiger partial charge in [-0.05, 0) is 34.3 Å². The lowest BCUT2D eigenvalue weighted by molar-refractivity contribution is -0.117. The van der Waals surface area contributed by atoms with Gasteiger partial charge in [0.1, 0.15) is 0 Å².